The van der Waals surface area contributed by atoms with Crippen molar-refractivity contribution in [3.63, 3.8) is 0 Å². The molecule has 0 heterocycles. The minimum absolute atomic E-state index is 0. The van der Waals surface area contributed by atoms with Gasteiger partial charge in [-0.05, 0) is 47.5 Å². The van der Waals surface area contributed by atoms with E-state index in [0.29, 0.717) is 11.1 Å². The van der Waals surface area contributed by atoms with Crippen LogP contribution in [-0.4, -0.2) is 14.4 Å². The molecule has 3 aromatic carbocycles. The van der Waals surface area contributed by atoms with Crippen LogP contribution >= 0.6 is 24.0 Å². The summed E-state index contributed by atoms with van der Waals surface area (Å²) in [5.74, 6) is -0.183. The Morgan fingerprint density at radius 3 is 2.37 bits per heavy atom. The molecule has 0 aliphatic rings. The summed E-state index contributed by atoms with van der Waals surface area (Å²) in [5.41, 5.74) is 7.92. The van der Waals surface area contributed by atoms with Gasteiger partial charge in [-0.25, -0.2) is 22.5 Å². The number of rotatable bonds is 7. The highest BCUT2D eigenvalue weighted by molar-refractivity contribution is 14.0. The van der Waals surface area contributed by atoms with Crippen molar-refractivity contribution >= 4 is 45.6 Å². The molecule has 3 aromatic rings. The van der Waals surface area contributed by atoms with Crippen molar-refractivity contribution in [3.8, 4) is 0 Å². The third-order valence-electron chi connectivity index (χ3n) is 4.04. The standard InChI is InChI=1S/C21H21FN4O2S.HI/c22-18-8-4-6-16(12-18)15-25-29(27,28)20-11-5-7-17(13-20)14-24-21(23)26-19-9-2-1-3-10-19;/h1-13,25H,14-15H2,(H3,23,24,26);1H. The normalized spacial score (nSPS) is 11.6. The Morgan fingerprint density at radius 1 is 0.933 bits per heavy atom. The molecule has 6 nitrogen and oxygen atoms in total. The molecule has 0 saturated heterocycles. The lowest BCUT2D eigenvalue weighted by Crippen LogP contribution is -2.23. The summed E-state index contributed by atoms with van der Waals surface area (Å²) in [6, 6.07) is 21.6. The molecule has 0 atom stereocenters. The highest BCUT2D eigenvalue weighted by Gasteiger charge is 2.14. The maximum absolute atomic E-state index is 13.2. The maximum Gasteiger partial charge on any atom is 0.240 e. The lowest BCUT2D eigenvalue weighted by Gasteiger charge is -2.09. The molecule has 0 aliphatic heterocycles. The molecule has 0 fully saturated rings. The Bertz CT molecular complexity index is 1110. The predicted molar refractivity (Wildman–Crippen MR) is 128 cm³/mol. The number of nitrogens with one attached hydrogen (secondary N) is 2. The number of para-hydroxylation sites is 1. The van der Waals surface area contributed by atoms with Gasteiger partial charge in [-0.1, -0.05) is 42.5 Å². The van der Waals surface area contributed by atoms with Crippen molar-refractivity contribution in [1.82, 2.24) is 4.72 Å². The van der Waals surface area contributed by atoms with E-state index in [4.69, 9.17) is 5.73 Å². The largest absolute Gasteiger partial charge is 0.370 e. The third kappa shape index (κ3) is 7.08. The van der Waals surface area contributed by atoms with Gasteiger partial charge in [-0.3, -0.25) is 0 Å². The van der Waals surface area contributed by atoms with E-state index >= 15 is 0 Å². The summed E-state index contributed by atoms with van der Waals surface area (Å²) in [5, 5.41) is 2.97. The maximum atomic E-state index is 13.2. The van der Waals surface area contributed by atoms with Crippen LogP contribution in [0.25, 0.3) is 0 Å². The second-order valence-electron chi connectivity index (χ2n) is 6.29. The number of hydrogen-bond acceptors (Lipinski definition) is 3. The average Bonchev–Trinajstić information content (AvgIpc) is 2.72. The van der Waals surface area contributed by atoms with Gasteiger partial charge >= 0.3 is 0 Å². The van der Waals surface area contributed by atoms with Crippen molar-refractivity contribution in [2.24, 2.45) is 10.7 Å². The third-order valence-corrected chi connectivity index (χ3v) is 5.44. The average molecular weight is 540 g/mol. The first-order valence-electron chi connectivity index (χ1n) is 8.87. The van der Waals surface area contributed by atoms with Crippen molar-refractivity contribution in [2.75, 3.05) is 5.32 Å². The highest BCUT2D eigenvalue weighted by Crippen LogP contribution is 2.14. The van der Waals surface area contributed by atoms with E-state index in [2.05, 4.69) is 15.0 Å². The fourth-order valence-corrected chi connectivity index (χ4v) is 3.69. The predicted octanol–water partition coefficient (Wildman–Crippen LogP) is 3.85. The number of nitrogens with two attached hydrogens (primary N) is 1. The van der Waals surface area contributed by atoms with Gasteiger partial charge in [0.1, 0.15) is 5.82 Å². The van der Waals surface area contributed by atoms with Gasteiger partial charge in [-0.2, -0.15) is 0 Å². The van der Waals surface area contributed by atoms with Gasteiger partial charge in [0.15, 0.2) is 5.96 Å². The van der Waals surface area contributed by atoms with Gasteiger partial charge in [0.05, 0.1) is 11.4 Å². The molecular formula is C21H22FIN4O2S. The fourth-order valence-electron chi connectivity index (χ4n) is 2.60. The van der Waals surface area contributed by atoms with Gasteiger partial charge in [0.25, 0.3) is 0 Å². The Labute approximate surface area is 192 Å². The molecule has 0 saturated carbocycles. The second kappa shape index (κ2) is 11.0. The zero-order chi connectivity index (χ0) is 20.7. The number of sulfonamides is 1. The molecule has 0 aliphatic carbocycles. The molecule has 4 N–H and O–H groups in total. The number of halogens is 2. The van der Waals surface area contributed by atoms with E-state index in [1.54, 1.807) is 18.2 Å². The Balaban J connectivity index is 0.00000320. The molecule has 0 unspecified atom stereocenters. The van der Waals surface area contributed by atoms with Crippen molar-refractivity contribution in [3.05, 3.63) is 95.8 Å². The quantitative estimate of drug-likeness (QED) is 0.241. The molecule has 0 amide bonds. The first-order chi connectivity index (χ1) is 13.9. The van der Waals surface area contributed by atoms with Crippen LogP contribution in [0.4, 0.5) is 10.1 Å². The Kier molecular flexibility index (Phi) is 8.75. The molecular weight excluding hydrogens is 518 g/mol. The lowest BCUT2D eigenvalue weighted by molar-refractivity contribution is 0.580. The van der Waals surface area contributed by atoms with Gasteiger partial charge < -0.3 is 11.1 Å². The second-order valence-corrected chi connectivity index (χ2v) is 8.06. The van der Waals surface area contributed by atoms with Crippen LogP contribution in [-0.2, 0) is 23.1 Å². The SMILES string of the molecule is I.NC(=NCc1cccc(S(=O)(=O)NCc2cccc(F)c2)c1)Nc1ccccc1. The van der Waals surface area contributed by atoms with E-state index < -0.39 is 15.8 Å². The van der Waals surface area contributed by atoms with E-state index in [-0.39, 0.29) is 47.9 Å². The Morgan fingerprint density at radius 2 is 1.63 bits per heavy atom. The Hall–Kier alpha value is -2.50. The summed E-state index contributed by atoms with van der Waals surface area (Å²) in [4.78, 5) is 4.35. The smallest absolute Gasteiger partial charge is 0.240 e. The number of anilines is 1. The minimum Gasteiger partial charge on any atom is -0.370 e. The zero-order valence-electron chi connectivity index (χ0n) is 16.0. The molecule has 9 heteroatoms. The summed E-state index contributed by atoms with van der Waals surface area (Å²) >= 11 is 0. The van der Waals surface area contributed by atoms with E-state index in [1.165, 1.54) is 30.3 Å². The molecule has 30 heavy (non-hydrogen) atoms. The number of aliphatic imine (C=N–C) groups is 1. The summed E-state index contributed by atoms with van der Waals surface area (Å²) in [6.45, 7) is 0.218. The van der Waals surface area contributed by atoms with E-state index in [9.17, 15) is 12.8 Å². The van der Waals surface area contributed by atoms with Crippen molar-refractivity contribution in [1.29, 1.82) is 0 Å². The van der Waals surface area contributed by atoms with Crippen molar-refractivity contribution < 1.29 is 12.8 Å². The van der Waals surface area contributed by atoms with Crippen LogP contribution in [0.1, 0.15) is 11.1 Å². The summed E-state index contributed by atoms with van der Waals surface area (Å²) < 4.78 is 40.8. The number of hydrogen-bond donors (Lipinski definition) is 3. The molecule has 0 aromatic heterocycles. The zero-order valence-corrected chi connectivity index (χ0v) is 19.1. The van der Waals surface area contributed by atoms with Crippen LogP contribution in [0.3, 0.4) is 0 Å². The van der Waals surface area contributed by atoms with Crippen LogP contribution < -0.4 is 15.8 Å². The van der Waals surface area contributed by atoms with Gasteiger partial charge in [0.2, 0.25) is 10.0 Å². The van der Waals surface area contributed by atoms with Gasteiger partial charge in [-0.15, -0.1) is 24.0 Å². The lowest BCUT2D eigenvalue weighted by atomic mass is 10.2. The van der Waals surface area contributed by atoms with E-state index in [0.717, 1.165) is 5.69 Å². The molecule has 0 bridgehead atoms. The monoisotopic (exact) mass is 540 g/mol. The summed E-state index contributed by atoms with van der Waals surface area (Å²) in [7, 11) is -3.75. The highest BCUT2D eigenvalue weighted by atomic mass is 127. The number of benzene rings is 3. The van der Waals surface area contributed by atoms with Crippen molar-refractivity contribution in [2.45, 2.75) is 18.0 Å². The molecule has 0 spiro atoms. The first kappa shape index (κ1) is 23.8. The molecule has 0 radical (unpaired) electrons. The summed E-state index contributed by atoms with van der Waals surface area (Å²) in [6.07, 6.45) is 0. The van der Waals surface area contributed by atoms with Crippen LogP contribution in [0.5, 0.6) is 0 Å². The van der Waals surface area contributed by atoms with Crippen LogP contribution in [0, 0.1) is 5.82 Å². The number of guanidine groups is 1. The topological polar surface area (TPSA) is 96.6 Å². The fraction of sp³-hybridized carbons (Fsp3) is 0.0952. The molecule has 3 rings (SSSR count). The van der Waals surface area contributed by atoms with Gasteiger partial charge in [0, 0.05) is 12.2 Å². The minimum atomic E-state index is -3.75. The van der Waals surface area contributed by atoms with Crippen LogP contribution in [0.15, 0.2) is 88.8 Å². The molecule has 158 valence electrons. The number of nitrogens with zero attached hydrogens (tertiary/aromatic N) is 1. The van der Waals surface area contributed by atoms with Crippen LogP contribution in [0.2, 0.25) is 0 Å². The van der Waals surface area contributed by atoms with E-state index in [1.807, 2.05) is 30.3 Å². The first-order valence-corrected chi connectivity index (χ1v) is 10.4.